The van der Waals surface area contributed by atoms with Crippen molar-refractivity contribution in [2.75, 3.05) is 31.2 Å². The number of ether oxygens (including phenoxy) is 2. The second-order valence-electron chi connectivity index (χ2n) is 4.91. The molecule has 8 nitrogen and oxygen atoms in total. The van der Waals surface area contributed by atoms with E-state index in [-0.39, 0.29) is 6.61 Å². The van der Waals surface area contributed by atoms with Crippen LogP contribution in [0.4, 0.5) is 10.6 Å². The van der Waals surface area contributed by atoms with Gasteiger partial charge >= 0.3 is 12.1 Å². The van der Waals surface area contributed by atoms with Crippen molar-refractivity contribution in [3.8, 4) is 0 Å². The van der Waals surface area contributed by atoms with E-state index in [1.54, 1.807) is 25.3 Å². The third-order valence-corrected chi connectivity index (χ3v) is 3.26. The van der Waals surface area contributed by atoms with Crippen molar-refractivity contribution < 1.29 is 23.9 Å². The standard InChI is InChI=1S/C15H19N3O5/c1-2-22-15(21)17-12(19)10-23-14(20)11-6-5-7-16-13(11)18-8-3-4-9-18/h5-7H,2-4,8-10H2,1H3,(H,17,19,21). The van der Waals surface area contributed by atoms with Crippen LogP contribution < -0.4 is 10.2 Å². The Hall–Kier alpha value is -2.64. The van der Waals surface area contributed by atoms with E-state index in [1.807, 2.05) is 10.2 Å². The number of esters is 1. The normalized spacial score (nSPS) is 13.5. The van der Waals surface area contributed by atoms with Crippen molar-refractivity contribution in [3.05, 3.63) is 23.9 Å². The molecule has 1 aromatic rings. The highest BCUT2D eigenvalue weighted by molar-refractivity contribution is 5.97. The number of imide groups is 1. The van der Waals surface area contributed by atoms with E-state index in [9.17, 15) is 14.4 Å². The molecular weight excluding hydrogens is 302 g/mol. The summed E-state index contributed by atoms with van der Waals surface area (Å²) in [6, 6.07) is 3.24. The first-order valence-corrected chi connectivity index (χ1v) is 7.45. The molecule has 0 aromatic carbocycles. The van der Waals surface area contributed by atoms with Gasteiger partial charge in [0.1, 0.15) is 11.4 Å². The number of aromatic nitrogens is 1. The molecule has 23 heavy (non-hydrogen) atoms. The van der Waals surface area contributed by atoms with Crippen LogP contribution in [0.3, 0.4) is 0 Å². The fraction of sp³-hybridized carbons (Fsp3) is 0.467. The molecule has 1 aliphatic heterocycles. The van der Waals surface area contributed by atoms with E-state index in [4.69, 9.17) is 4.74 Å². The van der Waals surface area contributed by atoms with Crippen molar-refractivity contribution in [2.24, 2.45) is 0 Å². The lowest BCUT2D eigenvalue weighted by molar-refractivity contribution is -0.123. The van der Waals surface area contributed by atoms with Gasteiger partial charge in [-0.1, -0.05) is 0 Å². The minimum Gasteiger partial charge on any atom is -0.452 e. The maximum atomic E-state index is 12.2. The fourth-order valence-electron chi connectivity index (χ4n) is 2.26. The molecule has 0 radical (unpaired) electrons. The molecule has 0 unspecified atom stereocenters. The molecule has 0 atom stereocenters. The zero-order chi connectivity index (χ0) is 16.7. The number of hydrogen-bond donors (Lipinski definition) is 1. The van der Waals surface area contributed by atoms with Gasteiger partial charge < -0.3 is 14.4 Å². The lowest BCUT2D eigenvalue weighted by atomic mass is 10.2. The molecular formula is C15H19N3O5. The van der Waals surface area contributed by atoms with Gasteiger partial charge in [-0.25, -0.2) is 14.6 Å². The number of anilines is 1. The number of nitrogens with zero attached hydrogens (tertiary/aromatic N) is 2. The van der Waals surface area contributed by atoms with Gasteiger partial charge in [-0.05, 0) is 31.9 Å². The Labute approximate surface area is 133 Å². The Morgan fingerprint density at radius 1 is 1.26 bits per heavy atom. The monoisotopic (exact) mass is 321 g/mol. The smallest absolute Gasteiger partial charge is 0.413 e. The number of alkyl carbamates (subject to hydrolysis) is 1. The van der Waals surface area contributed by atoms with Crippen molar-refractivity contribution in [1.29, 1.82) is 0 Å². The van der Waals surface area contributed by atoms with E-state index >= 15 is 0 Å². The van der Waals surface area contributed by atoms with Gasteiger partial charge in [0.05, 0.1) is 6.61 Å². The maximum absolute atomic E-state index is 12.2. The Balaban J connectivity index is 1.93. The third-order valence-electron chi connectivity index (χ3n) is 3.26. The second-order valence-corrected chi connectivity index (χ2v) is 4.91. The molecule has 1 N–H and O–H groups in total. The highest BCUT2D eigenvalue weighted by atomic mass is 16.6. The number of nitrogens with one attached hydrogen (secondary N) is 1. The maximum Gasteiger partial charge on any atom is 0.413 e. The van der Waals surface area contributed by atoms with Crippen molar-refractivity contribution >= 4 is 23.8 Å². The van der Waals surface area contributed by atoms with Crippen LogP contribution >= 0.6 is 0 Å². The zero-order valence-electron chi connectivity index (χ0n) is 12.9. The molecule has 1 fully saturated rings. The van der Waals surface area contributed by atoms with E-state index in [1.165, 1.54) is 0 Å². The molecule has 1 aliphatic rings. The van der Waals surface area contributed by atoms with Gasteiger partial charge in [0.25, 0.3) is 5.91 Å². The van der Waals surface area contributed by atoms with Gasteiger partial charge in [0, 0.05) is 19.3 Å². The first-order valence-electron chi connectivity index (χ1n) is 7.45. The van der Waals surface area contributed by atoms with Crippen LogP contribution in [0.5, 0.6) is 0 Å². The lowest BCUT2D eigenvalue weighted by Crippen LogP contribution is -2.34. The van der Waals surface area contributed by atoms with Crippen LogP contribution in [0.2, 0.25) is 0 Å². The van der Waals surface area contributed by atoms with Gasteiger partial charge in [0.15, 0.2) is 6.61 Å². The minimum absolute atomic E-state index is 0.147. The van der Waals surface area contributed by atoms with Crippen molar-refractivity contribution in [3.63, 3.8) is 0 Å². The summed E-state index contributed by atoms with van der Waals surface area (Å²) < 4.78 is 9.51. The quantitative estimate of drug-likeness (QED) is 0.811. The third kappa shape index (κ3) is 4.67. The Bertz CT molecular complexity index is 584. The van der Waals surface area contributed by atoms with E-state index < -0.39 is 24.6 Å². The van der Waals surface area contributed by atoms with Gasteiger partial charge in [-0.2, -0.15) is 0 Å². The van der Waals surface area contributed by atoms with E-state index in [2.05, 4.69) is 9.72 Å². The molecule has 0 spiro atoms. The summed E-state index contributed by atoms with van der Waals surface area (Å²) in [5.41, 5.74) is 0.304. The Morgan fingerprint density at radius 2 is 2.00 bits per heavy atom. The zero-order valence-corrected chi connectivity index (χ0v) is 12.9. The van der Waals surface area contributed by atoms with Crippen LogP contribution in [-0.2, 0) is 14.3 Å². The molecule has 0 aliphatic carbocycles. The van der Waals surface area contributed by atoms with Crippen molar-refractivity contribution in [1.82, 2.24) is 10.3 Å². The highest BCUT2D eigenvalue weighted by Gasteiger charge is 2.22. The number of pyridine rings is 1. The number of carbonyl (C=O) groups excluding carboxylic acids is 3. The Morgan fingerprint density at radius 3 is 2.70 bits per heavy atom. The summed E-state index contributed by atoms with van der Waals surface area (Å²) in [6.07, 6.45) is 2.84. The van der Waals surface area contributed by atoms with Crippen molar-refractivity contribution in [2.45, 2.75) is 19.8 Å². The molecule has 8 heteroatoms. The molecule has 2 rings (SSSR count). The summed E-state index contributed by atoms with van der Waals surface area (Å²) >= 11 is 0. The van der Waals surface area contributed by atoms with Crippen LogP contribution in [0, 0.1) is 0 Å². The fourth-order valence-corrected chi connectivity index (χ4v) is 2.26. The number of rotatable bonds is 5. The van der Waals surface area contributed by atoms with Crippen LogP contribution in [-0.4, -0.2) is 49.3 Å². The number of carbonyl (C=O) groups is 3. The molecule has 2 heterocycles. The SMILES string of the molecule is CCOC(=O)NC(=O)COC(=O)c1cccnc1N1CCCC1. The summed E-state index contributed by atoms with van der Waals surface area (Å²) in [7, 11) is 0. The first-order chi connectivity index (χ1) is 11.1. The van der Waals surface area contributed by atoms with Crippen LogP contribution in [0.25, 0.3) is 0 Å². The average Bonchev–Trinajstić information content (AvgIpc) is 3.07. The molecule has 124 valence electrons. The molecule has 1 saturated heterocycles. The lowest BCUT2D eigenvalue weighted by Gasteiger charge is -2.18. The first kappa shape index (κ1) is 16.7. The predicted octanol–water partition coefficient (Wildman–Crippen LogP) is 1.11. The predicted molar refractivity (Wildman–Crippen MR) is 81.1 cm³/mol. The molecule has 0 bridgehead atoms. The number of hydrogen-bond acceptors (Lipinski definition) is 7. The summed E-state index contributed by atoms with van der Waals surface area (Å²) in [4.78, 5) is 41.0. The summed E-state index contributed by atoms with van der Waals surface area (Å²) in [5.74, 6) is -0.844. The Kier molecular flexibility index (Phi) is 5.90. The van der Waals surface area contributed by atoms with Crippen LogP contribution in [0.1, 0.15) is 30.1 Å². The summed E-state index contributed by atoms with van der Waals surface area (Å²) in [6.45, 7) is 2.87. The minimum atomic E-state index is -0.868. The van der Waals surface area contributed by atoms with E-state index in [0.717, 1.165) is 25.9 Å². The van der Waals surface area contributed by atoms with Gasteiger partial charge in [-0.3, -0.25) is 10.1 Å². The second kappa shape index (κ2) is 8.11. The highest BCUT2D eigenvalue weighted by Crippen LogP contribution is 2.22. The molecule has 1 aromatic heterocycles. The average molecular weight is 321 g/mol. The number of amides is 2. The topological polar surface area (TPSA) is 97.8 Å². The van der Waals surface area contributed by atoms with Gasteiger partial charge in [-0.15, -0.1) is 0 Å². The summed E-state index contributed by atoms with van der Waals surface area (Å²) in [5, 5.41) is 1.95. The molecule has 2 amide bonds. The van der Waals surface area contributed by atoms with Gasteiger partial charge in [0.2, 0.25) is 0 Å². The largest absolute Gasteiger partial charge is 0.452 e. The van der Waals surface area contributed by atoms with Crippen LogP contribution in [0.15, 0.2) is 18.3 Å². The molecule has 0 saturated carbocycles. The van der Waals surface area contributed by atoms with E-state index in [0.29, 0.717) is 11.4 Å².